The first-order chi connectivity index (χ1) is 31.3. The van der Waals surface area contributed by atoms with E-state index >= 15 is 0 Å². The summed E-state index contributed by atoms with van der Waals surface area (Å²) in [6.45, 7) is 0. The second-order valence-electron chi connectivity index (χ2n) is 16.8. The Labute approximate surface area is 367 Å². The van der Waals surface area contributed by atoms with E-state index in [4.69, 9.17) is 0 Å². The molecule has 0 atom stereocenters. The highest BCUT2D eigenvalue weighted by atomic mass is 15.1. The molecular weight excluding hydrogens is 761 g/mol. The van der Waals surface area contributed by atoms with Crippen LogP contribution in [0.3, 0.4) is 0 Å². The van der Waals surface area contributed by atoms with Crippen LogP contribution in [0.1, 0.15) is 22.3 Å². The maximum Gasteiger partial charge on any atom is 0.0726 e. The molecule has 2 heteroatoms. The van der Waals surface area contributed by atoms with Gasteiger partial charge in [0.1, 0.15) is 0 Å². The quantitative estimate of drug-likeness (QED) is 0.163. The second kappa shape index (κ2) is 13.9. The highest BCUT2D eigenvalue weighted by molar-refractivity contribution is 6.17. The maximum absolute atomic E-state index is 2.50. The minimum atomic E-state index is -0.461. The van der Waals surface area contributed by atoms with Gasteiger partial charge in [-0.1, -0.05) is 188 Å². The zero-order chi connectivity index (χ0) is 41.5. The summed E-state index contributed by atoms with van der Waals surface area (Å²) < 4.78 is 2.43. The predicted octanol–water partition coefficient (Wildman–Crippen LogP) is 15.9. The van der Waals surface area contributed by atoms with Gasteiger partial charge in [-0.3, -0.25) is 0 Å². The molecule has 0 fully saturated rings. The van der Waals surface area contributed by atoms with Gasteiger partial charge in [-0.2, -0.15) is 0 Å². The van der Waals surface area contributed by atoms with Crippen LogP contribution in [-0.2, 0) is 5.41 Å². The van der Waals surface area contributed by atoms with Crippen molar-refractivity contribution in [2.45, 2.75) is 5.41 Å². The van der Waals surface area contributed by atoms with E-state index in [-0.39, 0.29) is 0 Å². The first kappa shape index (κ1) is 35.5. The molecule has 10 aromatic carbocycles. The lowest BCUT2D eigenvalue weighted by molar-refractivity contribution is 0.793. The third-order valence-electron chi connectivity index (χ3n) is 13.6. The summed E-state index contributed by atoms with van der Waals surface area (Å²) in [6.07, 6.45) is 0. The summed E-state index contributed by atoms with van der Waals surface area (Å²) >= 11 is 0. The Morgan fingerprint density at radius 3 is 1.43 bits per heavy atom. The van der Waals surface area contributed by atoms with Gasteiger partial charge in [-0.05, 0) is 116 Å². The molecule has 13 rings (SSSR count). The van der Waals surface area contributed by atoms with Crippen molar-refractivity contribution in [1.29, 1.82) is 0 Å². The fourth-order valence-corrected chi connectivity index (χ4v) is 11.1. The molecule has 0 bridgehead atoms. The lowest BCUT2D eigenvalue weighted by Gasteiger charge is -2.32. The van der Waals surface area contributed by atoms with Crippen LogP contribution in [-0.4, -0.2) is 4.57 Å². The molecule has 63 heavy (non-hydrogen) atoms. The van der Waals surface area contributed by atoms with Crippen molar-refractivity contribution in [3.05, 3.63) is 265 Å². The second-order valence-corrected chi connectivity index (χ2v) is 16.8. The zero-order valence-corrected chi connectivity index (χ0v) is 34.5. The van der Waals surface area contributed by atoms with Crippen LogP contribution in [0.15, 0.2) is 243 Å². The van der Waals surface area contributed by atoms with E-state index in [1.54, 1.807) is 0 Å². The molecular formula is C61H40N2. The van der Waals surface area contributed by atoms with Crippen molar-refractivity contribution >= 4 is 38.9 Å². The highest BCUT2D eigenvalue weighted by Gasteiger charge is 2.51. The number of para-hydroxylation sites is 2. The molecule has 1 aromatic heterocycles. The van der Waals surface area contributed by atoms with Gasteiger partial charge in [0.2, 0.25) is 0 Å². The van der Waals surface area contributed by atoms with Crippen molar-refractivity contribution in [1.82, 2.24) is 4.57 Å². The Bertz CT molecular complexity index is 3500. The van der Waals surface area contributed by atoms with Gasteiger partial charge in [-0.15, -0.1) is 0 Å². The first-order valence-electron chi connectivity index (χ1n) is 21.9. The summed E-state index contributed by atoms with van der Waals surface area (Å²) in [4.78, 5) is 2.50. The number of hydrogen-bond acceptors (Lipinski definition) is 1. The third kappa shape index (κ3) is 5.13. The van der Waals surface area contributed by atoms with Crippen LogP contribution < -0.4 is 4.90 Å². The van der Waals surface area contributed by atoms with Gasteiger partial charge in [-0.25, -0.2) is 0 Å². The van der Waals surface area contributed by atoms with Crippen LogP contribution in [0.2, 0.25) is 0 Å². The smallest absolute Gasteiger partial charge is 0.0726 e. The molecule has 0 amide bonds. The number of anilines is 3. The molecule has 11 aromatic rings. The molecule has 0 unspecified atom stereocenters. The number of fused-ring (bicyclic) bond motifs is 13. The molecule has 0 saturated carbocycles. The molecule has 2 nitrogen and oxygen atoms in total. The molecule has 1 spiro atoms. The van der Waals surface area contributed by atoms with Crippen LogP contribution in [0.25, 0.3) is 72.0 Å². The van der Waals surface area contributed by atoms with Crippen molar-refractivity contribution in [3.63, 3.8) is 0 Å². The van der Waals surface area contributed by atoms with Crippen molar-refractivity contribution in [3.8, 4) is 50.2 Å². The van der Waals surface area contributed by atoms with Crippen molar-refractivity contribution < 1.29 is 0 Å². The Balaban J connectivity index is 1.12. The molecule has 2 aliphatic rings. The normalized spacial score (nSPS) is 12.9. The Morgan fingerprint density at radius 1 is 0.317 bits per heavy atom. The lowest BCUT2D eigenvalue weighted by Crippen LogP contribution is -2.26. The third-order valence-corrected chi connectivity index (χ3v) is 13.6. The summed E-state index contributed by atoms with van der Waals surface area (Å²) in [6, 6.07) is 89.6. The van der Waals surface area contributed by atoms with Crippen molar-refractivity contribution in [2.75, 3.05) is 4.90 Å². The number of hydrogen-bond donors (Lipinski definition) is 0. The van der Waals surface area contributed by atoms with Crippen LogP contribution >= 0.6 is 0 Å². The molecule has 0 N–H and O–H groups in total. The summed E-state index contributed by atoms with van der Waals surface area (Å²) in [7, 11) is 0. The summed E-state index contributed by atoms with van der Waals surface area (Å²) in [5, 5.41) is 2.44. The van der Waals surface area contributed by atoms with Crippen molar-refractivity contribution in [2.24, 2.45) is 0 Å². The molecule has 294 valence electrons. The Morgan fingerprint density at radius 2 is 0.794 bits per heavy atom. The van der Waals surface area contributed by atoms with Gasteiger partial charge in [0.05, 0.1) is 22.1 Å². The Kier molecular flexibility index (Phi) is 7.85. The van der Waals surface area contributed by atoms with Gasteiger partial charge >= 0.3 is 0 Å². The SMILES string of the molecule is c1ccc(-c2ccccc2N(c2ccc3c(c2)C2(c4ccccc4-c4ccccc42)c2ccccc2-3)c2ccc3c(c2)c2c(-c4ccccc4)cccc2n3-c2ccccc2)cc1. The fraction of sp³-hybridized carbons (Fsp3) is 0.0164. The van der Waals surface area contributed by atoms with Gasteiger partial charge in [0.25, 0.3) is 0 Å². The van der Waals surface area contributed by atoms with E-state index in [0.29, 0.717) is 0 Å². The molecule has 0 radical (unpaired) electrons. The molecule has 2 aliphatic carbocycles. The van der Waals surface area contributed by atoms with Crippen LogP contribution in [0.4, 0.5) is 17.1 Å². The summed E-state index contributed by atoms with van der Waals surface area (Å²) in [5.74, 6) is 0. The Hall–Kier alpha value is -8.20. The molecule has 0 aliphatic heterocycles. The lowest BCUT2D eigenvalue weighted by atomic mass is 9.70. The van der Waals surface area contributed by atoms with Gasteiger partial charge in [0, 0.05) is 33.4 Å². The minimum absolute atomic E-state index is 0.461. The van der Waals surface area contributed by atoms with E-state index in [0.717, 1.165) is 22.7 Å². The fourth-order valence-electron chi connectivity index (χ4n) is 11.1. The minimum Gasteiger partial charge on any atom is -0.310 e. The largest absolute Gasteiger partial charge is 0.310 e. The predicted molar refractivity (Wildman–Crippen MR) is 263 cm³/mol. The van der Waals surface area contributed by atoms with E-state index < -0.39 is 5.41 Å². The van der Waals surface area contributed by atoms with Crippen LogP contribution in [0, 0.1) is 0 Å². The summed E-state index contributed by atoms with van der Waals surface area (Å²) in [5.41, 5.74) is 21.7. The van der Waals surface area contributed by atoms with E-state index in [1.807, 2.05) is 0 Å². The molecule has 1 heterocycles. The van der Waals surface area contributed by atoms with E-state index in [2.05, 4.69) is 252 Å². The molecule has 0 saturated heterocycles. The first-order valence-corrected chi connectivity index (χ1v) is 21.9. The number of rotatable bonds is 6. The van der Waals surface area contributed by atoms with Crippen LogP contribution in [0.5, 0.6) is 0 Å². The number of aromatic nitrogens is 1. The monoisotopic (exact) mass is 800 g/mol. The standard InChI is InChI=1S/C61H40N2/c1-4-19-41(20-5-1)46-25-13-17-33-57(46)62(44-36-38-58-52(39-44)60-47(42-21-6-2-7-22-42)29-18-34-59(60)63(58)43-23-8-3-9-24-43)45-35-37-51-50-28-12-16-32-55(50)61(56(51)40-45)53-30-14-10-26-48(53)49-27-11-15-31-54(49)61/h1-40H. The van der Waals surface area contributed by atoms with Gasteiger partial charge < -0.3 is 9.47 Å². The topological polar surface area (TPSA) is 8.17 Å². The number of nitrogens with zero attached hydrogens (tertiary/aromatic N) is 2. The highest BCUT2D eigenvalue weighted by Crippen LogP contribution is 2.63. The zero-order valence-electron chi connectivity index (χ0n) is 34.5. The van der Waals surface area contributed by atoms with E-state index in [9.17, 15) is 0 Å². The maximum atomic E-state index is 2.50. The average molecular weight is 801 g/mol. The average Bonchev–Trinajstić information content (AvgIpc) is 3.97. The van der Waals surface area contributed by atoms with Gasteiger partial charge in [0.15, 0.2) is 0 Å². The van der Waals surface area contributed by atoms with E-state index in [1.165, 1.54) is 88.6 Å². The number of benzene rings is 10.